The summed E-state index contributed by atoms with van der Waals surface area (Å²) in [6.45, 7) is 0.799. The number of ether oxygens (including phenoxy) is 1. The number of carbonyl (C=O) groups is 1. The first kappa shape index (κ1) is 18.2. The number of halogens is 2. The molecule has 1 N–H and O–H groups in total. The van der Waals surface area contributed by atoms with E-state index in [4.69, 9.17) is 27.9 Å². The van der Waals surface area contributed by atoms with Gasteiger partial charge in [-0.15, -0.1) is 0 Å². The monoisotopic (exact) mass is 391 g/mol. The Hall–Kier alpha value is -2.64. The van der Waals surface area contributed by atoms with Gasteiger partial charge < -0.3 is 14.6 Å². The first-order valence-electron chi connectivity index (χ1n) is 7.76. The van der Waals surface area contributed by atoms with Crippen molar-refractivity contribution in [2.24, 2.45) is 0 Å². The molecule has 0 aliphatic carbocycles. The minimum Gasteiger partial charge on any atom is -0.482 e. The highest BCUT2D eigenvalue weighted by molar-refractivity contribution is 6.35. The number of hydrogen-bond donors (Lipinski definition) is 1. The van der Waals surface area contributed by atoms with E-state index in [9.17, 15) is 4.79 Å². The van der Waals surface area contributed by atoms with Crippen molar-refractivity contribution in [1.82, 2.24) is 24.8 Å². The van der Waals surface area contributed by atoms with Gasteiger partial charge in [0.05, 0.1) is 5.02 Å². The highest BCUT2D eigenvalue weighted by Crippen LogP contribution is 2.27. The van der Waals surface area contributed by atoms with Crippen LogP contribution in [0.2, 0.25) is 10.0 Å². The van der Waals surface area contributed by atoms with Crippen LogP contribution >= 0.6 is 23.2 Å². The number of amides is 1. The molecule has 0 radical (unpaired) electrons. The first-order valence-corrected chi connectivity index (χ1v) is 8.52. The first-order chi connectivity index (χ1) is 12.6. The van der Waals surface area contributed by atoms with Gasteiger partial charge in [-0.05, 0) is 24.3 Å². The van der Waals surface area contributed by atoms with E-state index in [-0.39, 0.29) is 12.5 Å². The van der Waals surface area contributed by atoms with Gasteiger partial charge in [-0.25, -0.2) is 15.0 Å². The Balaban J connectivity index is 1.48. The third-order valence-electron chi connectivity index (χ3n) is 3.41. The summed E-state index contributed by atoms with van der Waals surface area (Å²) >= 11 is 11.8. The van der Waals surface area contributed by atoms with Crippen molar-refractivity contribution in [2.75, 3.05) is 13.2 Å². The lowest BCUT2D eigenvalue weighted by Crippen LogP contribution is -2.31. The Morgan fingerprint density at radius 2 is 1.96 bits per heavy atom. The van der Waals surface area contributed by atoms with Crippen LogP contribution in [0.25, 0.3) is 11.6 Å². The van der Waals surface area contributed by atoms with E-state index in [1.807, 2.05) is 10.8 Å². The molecule has 1 amide bonds. The van der Waals surface area contributed by atoms with E-state index in [0.717, 1.165) is 0 Å². The molecule has 0 saturated heterocycles. The predicted molar refractivity (Wildman–Crippen MR) is 98.2 cm³/mol. The van der Waals surface area contributed by atoms with Crippen LogP contribution in [0.4, 0.5) is 0 Å². The van der Waals surface area contributed by atoms with Gasteiger partial charge in [-0.3, -0.25) is 4.79 Å². The maximum Gasteiger partial charge on any atom is 0.258 e. The van der Waals surface area contributed by atoms with Gasteiger partial charge in [0.1, 0.15) is 5.75 Å². The Labute approximate surface area is 160 Å². The van der Waals surface area contributed by atoms with Gasteiger partial charge in [-0.1, -0.05) is 23.2 Å². The number of nitrogens with one attached hydrogen (secondary N) is 1. The van der Waals surface area contributed by atoms with Crippen LogP contribution in [0.3, 0.4) is 0 Å². The topological polar surface area (TPSA) is 81.9 Å². The number of carbonyl (C=O) groups excluding carboxylic acids is 1. The van der Waals surface area contributed by atoms with Crippen molar-refractivity contribution in [1.29, 1.82) is 0 Å². The van der Waals surface area contributed by atoms with E-state index < -0.39 is 0 Å². The highest BCUT2D eigenvalue weighted by atomic mass is 35.5. The molecule has 7 nitrogen and oxygen atoms in total. The highest BCUT2D eigenvalue weighted by Gasteiger charge is 2.09. The van der Waals surface area contributed by atoms with E-state index in [2.05, 4.69) is 20.3 Å². The average Bonchev–Trinajstić information content (AvgIpc) is 3.10. The summed E-state index contributed by atoms with van der Waals surface area (Å²) in [7, 11) is 0. The molecule has 2 heterocycles. The molecule has 0 fully saturated rings. The largest absolute Gasteiger partial charge is 0.482 e. The lowest BCUT2D eigenvalue weighted by molar-refractivity contribution is -0.123. The van der Waals surface area contributed by atoms with E-state index in [0.29, 0.717) is 40.5 Å². The van der Waals surface area contributed by atoms with Crippen LogP contribution in [-0.4, -0.2) is 38.6 Å². The second kappa shape index (κ2) is 8.64. The predicted octanol–water partition coefficient (Wildman–Crippen LogP) is 2.84. The maximum atomic E-state index is 11.9. The lowest BCUT2D eigenvalue weighted by Gasteiger charge is -2.10. The van der Waals surface area contributed by atoms with Crippen molar-refractivity contribution in [2.45, 2.75) is 6.54 Å². The molecular weight excluding hydrogens is 377 g/mol. The molecule has 0 atom stereocenters. The third kappa shape index (κ3) is 4.71. The molecule has 0 spiro atoms. The van der Waals surface area contributed by atoms with Gasteiger partial charge in [-0.2, -0.15) is 0 Å². The number of aromatic nitrogens is 4. The van der Waals surface area contributed by atoms with Crippen LogP contribution in [0.1, 0.15) is 0 Å². The maximum absolute atomic E-state index is 11.9. The second-order valence-corrected chi connectivity index (χ2v) is 6.07. The molecule has 1 aromatic carbocycles. The molecular formula is C17H15Cl2N5O2. The number of rotatable bonds is 7. The number of benzene rings is 1. The molecule has 9 heteroatoms. The fraction of sp³-hybridized carbons (Fsp3) is 0.176. The standard InChI is InChI=1S/C17H15Cl2N5O2/c18-12-2-3-14(13(19)10-12)26-11-15(25)20-6-8-24-9-7-23-17(24)16-21-4-1-5-22-16/h1-5,7,9-10H,6,8,11H2,(H,20,25). The summed E-state index contributed by atoms with van der Waals surface area (Å²) in [6, 6.07) is 6.56. The molecule has 2 aromatic heterocycles. The smallest absolute Gasteiger partial charge is 0.258 e. The van der Waals surface area contributed by atoms with E-state index in [1.54, 1.807) is 42.9 Å². The van der Waals surface area contributed by atoms with Gasteiger partial charge >= 0.3 is 0 Å². The summed E-state index contributed by atoms with van der Waals surface area (Å²) in [5, 5.41) is 3.64. The average molecular weight is 392 g/mol. The lowest BCUT2D eigenvalue weighted by atomic mass is 10.3. The molecule has 134 valence electrons. The molecule has 3 aromatic rings. The van der Waals surface area contributed by atoms with Crippen molar-refractivity contribution in [3.05, 3.63) is 59.1 Å². The zero-order valence-corrected chi connectivity index (χ0v) is 15.1. The molecule has 0 aliphatic heterocycles. The van der Waals surface area contributed by atoms with E-state index in [1.165, 1.54) is 0 Å². The fourth-order valence-corrected chi connectivity index (χ4v) is 2.68. The van der Waals surface area contributed by atoms with Crippen LogP contribution in [0.5, 0.6) is 5.75 Å². The summed E-state index contributed by atoms with van der Waals surface area (Å²) in [5.74, 6) is 1.33. The molecule has 0 saturated carbocycles. The third-order valence-corrected chi connectivity index (χ3v) is 3.94. The van der Waals surface area contributed by atoms with Gasteiger partial charge in [0, 0.05) is 42.9 Å². The minimum atomic E-state index is -0.256. The Morgan fingerprint density at radius 1 is 1.15 bits per heavy atom. The zero-order chi connectivity index (χ0) is 18.4. The molecule has 26 heavy (non-hydrogen) atoms. The number of nitrogens with zero attached hydrogens (tertiary/aromatic N) is 4. The molecule has 0 aliphatic rings. The SMILES string of the molecule is O=C(COc1ccc(Cl)cc1Cl)NCCn1ccnc1-c1ncccn1. The van der Waals surface area contributed by atoms with Gasteiger partial charge in [0.15, 0.2) is 18.3 Å². The van der Waals surface area contributed by atoms with Crippen LogP contribution in [0.15, 0.2) is 49.1 Å². The van der Waals surface area contributed by atoms with Gasteiger partial charge in [0.2, 0.25) is 0 Å². The van der Waals surface area contributed by atoms with Crippen molar-refractivity contribution < 1.29 is 9.53 Å². The zero-order valence-electron chi connectivity index (χ0n) is 13.6. The normalized spacial score (nSPS) is 10.5. The van der Waals surface area contributed by atoms with Crippen LogP contribution in [0, 0.1) is 0 Å². The summed E-state index contributed by atoms with van der Waals surface area (Å²) < 4.78 is 7.26. The van der Waals surface area contributed by atoms with Gasteiger partial charge in [0.25, 0.3) is 5.91 Å². The molecule has 0 unspecified atom stereocenters. The Kier molecular flexibility index (Phi) is 6.04. The van der Waals surface area contributed by atoms with Crippen molar-refractivity contribution in [3.63, 3.8) is 0 Å². The molecule has 3 rings (SSSR count). The minimum absolute atomic E-state index is 0.139. The van der Waals surface area contributed by atoms with Crippen LogP contribution < -0.4 is 10.1 Å². The number of hydrogen-bond acceptors (Lipinski definition) is 5. The molecule has 0 bridgehead atoms. The number of imidazole rings is 1. The van der Waals surface area contributed by atoms with E-state index >= 15 is 0 Å². The van der Waals surface area contributed by atoms with Crippen molar-refractivity contribution >= 4 is 29.1 Å². The van der Waals surface area contributed by atoms with Crippen LogP contribution in [-0.2, 0) is 11.3 Å². The second-order valence-electron chi connectivity index (χ2n) is 5.23. The quantitative estimate of drug-likeness (QED) is 0.669. The Bertz CT molecular complexity index is 886. The summed E-state index contributed by atoms with van der Waals surface area (Å²) in [6.07, 6.45) is 6.78. The Morgan fingerprint density at radius 3 is 2.73 bits per heavy atom. The van der Waals surface area contributed by atoms with Crippen molar-refractivity contribution in [3.8, 4) is 17.4 Å². The fourth-order valence-electron chi connectivity index (χ4n) is 2.21. The summed E-state index contributed by atoms with van der Waals surface area (Å²) in [4.78, 5) is 24.5. The summed E-state index contributed by atoms with van der Waals surface area (Å²) in [5.41, 5.74) is 0.